The number of hydrogen-bond donors (Lipinski definition) is 1. The van der Waals surface area contributed by atoms with Crippen molar-refractivity contribution < 1.29 is 19.1 Å². The first-order chi connectivity index (χ1) is 10.7. The molecule has 2 heterocycles. The van der Waals surface area contributed by atoms with E-state index in [4.69, 9.17) is 9.47 Å². The number of carbonyl (C=O) groups excluding carboxylic acids is 2. The van der Waals surface area contributed by atoms with Crippen molar-refractivity contribution in [3.8, 4) is 11.5 Å². The molecular formula is C15H19N3O4. The van der Waals surface area contributed by atoms with Crippen LogP contribution in [0.1, 0.15) is 5.56 Å². The molecule has 0 aromatic heterocycles. The highest BCUT2D eigenvalue weighted by atomic mass is 16.7. The summed E-state index contributed by atoms with van der Waals surface area (Å²) in [6.45, 7) is 3.89. The molecule has 1 aromatic carbocycles. The van der Waals surface area contributed by atoms with Gasteiger partial charge in [-0.25, -0.2) is 0 Å². The number of rotatable bonds is 5. The van der Waals surface area contributed by atoms with Gasteiger partial charge in [-0.2, -0.15) is 0 Å². The maximum absolute atomic E-state index is 12.0. The van der Waals surface area contributed by atoms with E-state index in [2.05, 4.69) is 10.2 Å². The molecule has 2 aliphatic heterocycles. The van der Waals surface area contributed by atoms with Crippen molar-refractivity contribution in [1.29, 1.82) is 0 Å². The molecule has 3 rings (SSSR count). The van der Waals surface area contributed by atoms with Crippen LogP contribution in [-0.2, 0) is 16.1 Å². The van der Waals surface area contributed by atoms with Gasteiger partial charge in [0.1, 0.15) is 0 Å². The van der Waals surface area contributed by atoms with E-state index in [1.807, 2.05) is 18.2 Å². The Balaban J connectivity index is 1.43. The molecule has 1 fully saturated rings. The molecule has 1 aromatic rings. The van der Waals surface area contributed by atoms with Gasteiger partial charge in [-0.1, -0.05) is 6.07 Å². The largest absolute Gasteiger partial charge is 0.454 e. The lowest BCUT2D eigenvalue weighted by molar-refractivity contribution is -0.123. The average Bonchev–Trinajstić information content (AvgIpc) is 3.01. The molecule has 0 unspecified atom stereocenters. The highest BCUT2D eigenvalue weighted by Gasteiger charge is 2.18. The maximum Gasteiger partial charge on any atom is 0.234 e. The van der Waals surface area contributed by atoms with Gasteiger partial charge in [-0.15, -0.1) is 0 Å². The molecule has 118 valence electrons. The molecule has 0 aliphatic carbocycles. The van der Waals surface area contributed by atoms with Gasteiger partial charge in [0, 0.05) is 32.7 Å². The standard InChI is InChI=1S/C15H19N3O4/c19-10-18-5-3-17(4-6-18)9-15(20)16-8-12-1-2-13-14(7-12)22-11-21-13/h1-2,7,10H,3-6,8-9,11H2,(H,16,20). The van der Waals surface area contributed by atoms with Crippen LogP contribution < -0.4 is 14.8 Å². The van der Waals surface area contributed by atoms with Crippen LogP contribution in [0.3, 0.4) is 0 Å². The van der Waals surface area contributed by atoms with E-state index in [9.17, 15) is 9.59 Å². The minimum absolute atomic E-state index is 0.0165. The number of hydrogen-bond acceptors (Lipinski definition) is 5. The second-order valence-electron chi connectivity index (χ2n) is 5.38. The van der Waals surface area contributed by atoms with E-state index in [0.29, 0.717) is 26.2 Å². The molecule has 7 heteroatoms. The van der Waals surface area contributed by atoms with Crippen molar-refractivity contribution in [2.24, 2.45) is 0 Å². The van der Waals surface area contributed by atoms with E-state index in [0.717, 1.165) is 36.6 Å². The number of fused-ring (bicyclic) bond motifs is 1. The van der Waals surface area contributed by atoms with Crippen LogP contribution in [0.2, 0.25) is 0 Å². The van der Waals surface area contributed by atoms with E-state index in [1.54, 1.807) is 4.90 Å². The zero-order chi connectivity index (χ0) is 15.4. The molecule has 0 saturated carbocycles. The highest BCUT2D eigenvalue weighted by molar-refractivity contribution is 5.78. The molecule has 1 saturated heterocycles. The molecule has 7 nitrogen and oxygen atoms in total. The fourth-order valence-electron chi connectivity index (χ4n) is 2.54. The predicted molar refractivity (Wildman–Crippen MR) is 78.5 cm³/mol. The van der Waals surface area contributed by atoms with Gasteiger partial charge in [0.2, 0.25) is 19.1 Å². The number of piperazine rings is 1. The summed E-state index contributed by atoms with van der Waals surface area (Å²) in [5, 5.41) is 2.90. The SMILES string of the molecule is O=CN1CCN(CC(=O)NCc2ccc3c(c2)OCO3)CC1. The summed E-state index contributed by atoms with van der Waals surface area (Å²) in [5.74, 6) is 1.44. The van der Waals surface area contributed by atoms with Crippen LogP contribution in [0.25, 0.3) is 0 Å². The number of nitrogens with zero attached hydrogens (tertiary/aromatic N) is 2. The lowest BCUT2D eigenvalue weighted by Gasteiger charge is -2.31. The van der Waals surface area contributed by atoms with Crippen LogP contribution in [0.15, 0.2) is 18.2 Å². The van der Waals surface area contributed by atoms with Crippen LogP contribution in [0.4, 0.5) is 0 Å². The Morgan fingerprint density at radius 3 is 2.73 bits per heavy atom. The summed E-state index contributed by atoms with van der Waals surface area (Å²) in [6, 6.07) is 5.64. The van der Waals surface area contributed by atoms with Gasteiger partial charge in [-0.05, 0) is 17.7 Å². The highest BCUT2D eigenvalue weighted by Crippen LogP contribution is 2.32. The van der Waals surface area contributed by atoms with Crippen molar-refractivity contribution >= 4 is 12.3 Å². The summed E-state index contributed by atoms with van der Waals surface area (Å²) in [6.07, 6.45) is 0.858. The van der Waals surface area contributed by atoms with E-state index >= 15 is 0 Å². The lowest BCUT2D eigenvalue weighted by Crippen LogP contribution is -2.48. The Morgan fingerprint density at radius 1 is 1.18 bits per heavy atom. The molecule has 2 amide bonds. The molecule has 0 atom stereocenters. The molecule has 2 aliphatic rings. The number of ether oxygens (including phenoxy) is 2. The molecule has 0 bridgehead atoms. The number of nitrogens with one attached hydrogen (secondary N) is 1. The van der Waals surface area contributed by atoms with Crippen molar-refractivity contribution in [3.05, 3.63) is 23.8 Å². The van der Waals surface area contributed by atoms with Gasteiger partial charge >= 0.3 is 0 Å². The van der Waals surface area contributed by atoms with E-state index in [-0.39, 0.29) is 12.7 Å². The quantitative estimate of drug-likeness (QED) is 0.763. The molecule has 0 spiro atoms. The van der Waals surface area contributed by atoms with Crippen LogP contribution in [0.5, 0.6) is 11.5 Å². The maximum atomic E-state index is 12.0. The smallest absolute Gasteiger partial charge is 0.234 e. The van der Waals surface area contributed by atoms with Gasteiger partial charge in [-0.3, -0.25) is 14.5 Å². The average molecular weight is 305 g/mol. The third-order valence-corrected chi connectivity index (χ3v) is 3.85. The Labute approximate surface area is 128 Å². The first-order valence-electron chi connectivity index (χ1n) is 7.31. The molecular weight excluding hydrogens is 286 g/mol. The van der Waals surface area contributed by atoms with Crippen LogP contribution in [0, 0.1) is 0 Å². The second kappa shape index (κ2) is 6.65. The molecule has 1 N–H and O–H groups in total. The van der Waals surface area contributed by atoms with E-state index in [1.165, 1.54) is 0 Å². The first kappa shape index (κ1) is 14.6. The molecule has 0 radical (unpaired) electrons. The van der Waals surface area contributed by atoms with Crippen molar-refractivity contribution in [3.63, 3.8) is 0 Å². The Hall–Kier alpha value is -2.28. The van der Waals surface area contributed by atoms with Crippen molar-refractivity contribution in [2.75, 3.05) is 39.5 Å². The molecule has 22 heavy (non-hydrogen) atoms. The van der Waals surface area contributed by atoms with Crippen molar-refractivity contribution in [1.82, 2.24) is 15.1 Å². The Kier molecular flexibility index (Phi) is 4.43. The summed E-state index contributed by atoms with van der Waals surface area (Å²) >= 11 is 0. The summed E-state index contributed by atoms with van der Waals surface area (Å²) in [7, 11) is 0. The third-order valence-electron chi connectivity index (χ3n) is 3.85. The number of amides is 2. The van der Waals surface area contributed by atoms with E-state index < -0.39 is 0 Å². The van der Waals surface area contributed by atoms with Crippen LogP contribution >= 0.6 is 0 Å². The van der Waals surface area contributed by atoms with Crippen molar-refractivity contribution in [2.45, 2.75) is 6.54 Å². The summed E-state index contributed by atoms with van der Waals surface area (Å²) < 4.78 is 10.6. The monoisotopic (exact) mass is 305 g/mol. The Bertz CT molecular complexity index is 556. The first-order valence-corrected chi connectivity index (χ1v) is 7.31. The fourth-order valence-corrected chi connectivity index (χ4v) is 2.54. The number of carbonyl (C=O) groups is 2. The minimum atomic E-state index is -0.0165. The van der Waals surface area contributed by atoms with Gasteiger partial charge in [0.15, 0.2) is 11.5 Å². The third kappa shape index (κ3) is 3.48. The zero-order valence-corrected chi connectivity index (χ0v) is 12.3. The summed E-state index contributed by atoms with van der Waals surface area (Å²) in [5.41, 5.74) is 0.975. The predicted octanol–water partition coefficient (Wildman–Crippen LogP) is -0.194. The van der Waals surface area contributed by atoms with Gasteiger partial charge in [0.05, 0.1) is 6.54 Å². The lowest BCUT2D eigenvalue weighted by atomic mass is 10.2. The topological polar surface area (TPSA) is 71.1 Å². The second-order valence-corrected chi connectivity index (χ2v) is 5.38. The summed E-state index contributed by atoms with van der Waals surface area (Å²) in [4.78, 5) is 26.4. The number of benzene rings is 1. The zero-order valence-electron chi connectivity index (χ0n) is 12.3. The fraction of sp³-hybridized carbons (Fsp3) is 0.467. The van der Waals surface area contributed by atoms with Gasteiger partial charge < -0.3 is 19.7 Å². The van der Waals surface area contributed by atoms with Gasteiger partial charge in [0.25, 0.3) is 0 Å². The normalized spacial score (nSPS) is 17.4. The Morgan fingerprint density at radius 2 is 1.95 bits per heavy atom. The minimum Gasteiger partial charge on any atom is -0.454 e. The van der Waals surface area contributed by atoms with Crippen LogP contribution in [-0.4, -0.2) is 61.6 Å².